The van der Waals surface area contributed by atoms with Crippen LogP contribution in [0.4, 0.5) is 4.39 Å². The van der Waals surface area contributed by atoms with E-state index in [-0.39, 0.29) is 5.82 Å². The number of hydrogen-bond donors (Lipinski definition) is 0. The third kappa shape index (κ3) is 1.54. The molecular formula is C14H11FN2OS. The summed E-state index contributed by atoms with van der Waals surface area (Å²) in [4.78, 5) is 7.78. The Labute approximate surface area is 113 Å². The van der Waals surface area contributed by atoms with Gasteiger partial charge < -0.3 is 9.32 Å². The fourth-order valence-electron chi connectivity index (χ4n) is 2.63. The third-order valence-electron chi connectivity index (χ3n) is 3.43. The highest BCUT2D eigenvalue weighted by atomic mass is 32.2. The smallest absolute Gasteiger partial charge is 0.169 e. The molecule has 5 heteroatoms. The van der Waals surface area contributed by atoms with E-state index in [0.29, 0.717) is 5.58 Å². The summed E-state index contributed by atoms with van der Waals surface area (Å²) in [5.74, 6) is -0.313. The molecule has 96 valence electrons. The van der Waals surface area contributed by atoms with Gasteiger partial charge in [-0.3, -0.25) is 4.99 Å². The summed E-state index contributed by atoms with van der Waals surface area (Å²) in [7, 11) is 0. The number of aliphatic imine (C=N–C) groups is 1. The van der Waals surface area contributed by atoms with Crippen LogP contribution in [0.3, 0.4) is 0 Å². The Morgan fingerprint density at radius 2 is 2.32 bits per heavy atom. The van der Waals surface area contributed by atoms with Gasteiger partial charge in [0.05, 0.1) is 18.5 Å². The summed E-state index contributed by atoms with van der Waals surface area (Å²) in [6, 6.07) is 5.31. The number of rotatable bonds is 1. The Morgan fingerprint density at radius 1 is 1.42 bits per heavy atom. The normalized spacial score (nSPS) is 18.4. The van der Waals surface area contributed by atoms with Gasteiger partial charge in [-0.2, -0.15) is 0 Å². The van der Waals surface area contributed by atoms with Crippen molar-refractivity contribution in [1.82, 2.24) is 4.90 Å². The molecule has 2 aliphatic rings. The Morgan fingerprint density at radius 3 is 3.21 bits per heavy atom. The lowest BCUT2D eigenvalue weighted by Gasteiger charge is -2.17. The molecular weight excluding hydrogens is 263 g/mol. The largest absolute Gasteiger partial charge is 0.461 e. The van der Waals surface area contributed by atoms with Gasteiger partial charge >= 0.3 is 0 Å². The van der Waals surface area contributed by atoms with E-state index < -0.39 is 0 Å². The molecule has 0 saturated heterocycles. The maximum absolute atomic E-state index is 14.0. The van der Waals surface area contributed by atoms with Crippen LogP contribution in [0, 0.1) is 5.82 Å². The lowest BCUT2D eigenvalue weighted by Crippen LogP contribution is -2.20. The Balaban J connectivity index is 1.90. The fourth-order valence-corrected chi connectivity index (χ4v) is 3.68. The molecule has 0 bridgehead atoms. The van der Waals surface area contributed by atoms with Crippen molar-refractivity contribution in [2.24, 2.45) is 4.99 Å². The van der Waals surface area contributed by atoms with E-state index in [1.54, 1.807) is 23.9 Å². The van der Waals surface area contributed by atoms with Gasteiger partial charge in [0.1, 0.15) is 0 Å². The van der Waals surface area contributed by atoms with E-state index >= 15 is 0 Å². The zero-order valence-corrected chi connectivity index (χ0v) is 11.1. The molecule has 3 nitrogen and oxygen atoms in total. The first-order valence-electron chi connectivity index (χ1n) is 6.12. The highest BCUT2D eigenvalue weighted by molar-refractivity contribution is 8.17. The van der Waals surface area contributed by atoms with Crippen molar-refractivity contribution in [3.05, 3.63) is 40.7 Å². The van der Waals surface area contributed by atoms with Crippen LogP contribution in [0.1, 0.15) is 12.5 Å². The SMILES string of the molecule is CC1=C(c2cc(F)c3occc3c2)N2CCN=C2S1. The predicted octanol–water partition coefficient (Wildman–Crippen LogP) is 3.68. The first-order chi connectivity index (χ1) is 9.24. The molecule has 0 atom stereocenters. The number of benzene rings is 1. The highest BCUT2D eigenvalue weighted by Gasteiger charge is 2.31. The number of fused-ring (bicyclic) bond motifs is 2. The van der Waals surface area contributed by atoms with Crippen LogP contribution in [-0.4, -0.2) is 23.2 Å². The second kappa shape index (κ2) is 3.87. The average Bonchev–Trinajstić information content (AvgIpc) is 3.02. The van der Waals surface area contributed by atoms with Crippen LogP contribution in [-0.2, 0) is 0 Å². The molecule has 2 aliphatic heterocycles. The van der Waals surface area contributed by atoms with E-state index in [1.165, 1.54) is 11.2 Å². The Hall–Kier alpha value is -1.75. The monoisotopic (exact) mass is 274 g/mol. The van der Waals surface area contributed by atoms with Gasteiger partial charge in [0, 0.05) is 22.4 Å². The van der Waals surface area contributed by atoms with Crippen molar-refractivity contribution in [3.8, 4) is 0 Å². The zero-order valence-electron chi connectivity index (χ0n) is 10.3. The summed E-state index contributed by atoms with van der Waals surface area (Å²) in [6.45, 7) is 3.74. The van der Waals surface area contributed by atoms with Gasteiger partial charge in [-0.15, -0.1) is 0 Å². The summed E-state index contributed by atoms with van der Waals surface area (Å²) in [5, 5.41) is 1.82. The molecule has 0 aliphatic carbocycles. The quantitative estimate of drug-likeness (QED) is 0.794. The lowest BCUT2D eigenvalue weighted by molar-refractivity contribution is 0.559. The molecule has 0 fully saturated rings. The van der Waals surface area contributed by atoms with Crippen molar-refractivity contribution in [2.75, 3.05) is 13.1 Å². The van der Waals surface area contributed by atoms with Crippen LogP contribution >= 0.6 is 11.8 Å². The van der Waals surface area contributed by atoms with Crippen molar-refractivity contribution >= 4 is 33.6 Å². The molecule has 0 spiro atoms. The van der Waals surface area contributed by atoms with Crippen molar-refractivity contribution in [2.45, 2.75) is 6.92 Å². The maximum Gasteiger partial charge on any atom is 0.169 e. The van der Waals surface area contributed by atoms with Gasteiger partial charge in [0.2, 0.25) is 0 Å². The summed E-state index contributed by atoms with van der Waals surface area (Å²) >= 11 is 1.66. The minimum absolute atomic E-state index is 0.313. The Bertz CT molecular complexity index is 747. The predicted molar refractivity (Wildman–Crippen MR) is 75.4 cm³/mol. The minimum atomic E-state index is -0.313. The zero-order chi connectivity index (χ0) is 13.0. The third-order valence-corrected chi connectivity index (χ3v) is 4.46. The number of halogens is 1. The van der Waals surface area contributed by atoms with Gasteiger partial charge in [-0.05, 0) is 25.1 Å². The van der Waals surface area contributed by atoms with E-state index in [0.717, 1.165) is 34.9 Å². The van der Waals surface area contributed by atoms with Crippen LogP contribution in [0.15, 0.2) is 38.8 Å². The number of thioether (sulfide) groups is 1. The molecule has 0 radical (unpaired) electrons. The van der Waals surface area contributed by atoms with E-state index in [4.69, 9.17) is 4.42 Å². The number of allylic oxidation sites excluding steroid dienone is 1. The molecule has 4 rings (SSSR count). The van der Waals surface area contributed by atoms with Crippen LogP contribution < -0.4 is 0 Å². The van der Waals surface area contributed by atoms with E-state index in [9.17, 15) is 4.39 Å². The van der Waals surface area contributed by atoms with Crippen molar-refractivity contribution in [1.29, 1.82) is 0 Å². The average molecular weight is 274 g/mol. The topological polar surface area (TPSA) is 28.7 Å². The Kier molecular flexibility index (Phi) is 2.26. The van der Waals surface area contributed by atoms with Crippen LogP contribution in [0.2, 0.25) is 0 Å². The number of nitrogens with zero attached hydrogens (tertiary/aromatic N) is 2. The second-order valence-electron chi connectivity index (χ2n) is 4.62. The van der Waals surface area contributed by atoms with Crippen LogP contribution in [0.25, 0.3) is 16.7 Å². The standard InChI is InChI=1S/C14H11FN2OS/c1-8-12(17-4-3-16-14(17)19-8)10-6-9-2-5-18-13(9)11(15)7-10/h2,5-7H,3-4H2,1H3. The fraction of sp³-hybridized carbons (Fsp3) is 0.214. The summed E-state index contributed by atoms with van der Waals surface area (Å²) < 4.78 is 19.2. The van der Waals surface area contributed by atoms with E-state index in [2.05, 4.69) is 16.8 Å². The van der Waals surface area contributed by atoms with Gasteiger partial charge in [0.15, 0.2) is 16.6 Å². The molecule has 0 N–H and O–H groups in total. The second-order valence-corrected chi connectivity index (χ2v) is 5.80. The maximum atomic E-state index is 14.0. The number of amidine groups is 1. The lowest BCUT2D eigenvalue weighted by atomic mass is 10.1. The minimum Gasteiger partial charge on any atom is -0.461 e. The first-order valence-corrected chi connectivity index (χ1v) is 6.93. The molecule has 1 aromatic heterocycles. The molecule has 2 aromatic rings. The highest BCUT2D eigenvalue weighted by Crippen LogP contribution is 2.42. The van der Waals surface area contributed by atoms with Crippen molar-refractivity contribution < 1.29 is 8.81 Å². The van der Waals surface area contributed by atoms with Gasteiger partial charge in [-0.1, -0.05) is 11.8 Å². The van der Waals surface area contributed by atoms with Gasteiger partial charge in [-0.25, -0.2) is 4.39 Å². The van der Waals surface area contributed by atoms with E-state index in [1.807, 2.05) is 6.07 Å². The molecule has 0 amide bonds. The molecule has 3 heterocycles. The summed E-state index contributed by atoms with van der Waals surface area (Å²) in [5.41, 5.74) is 2.29. The first kappa shape index (κ1) is 11.1. The number of furan rings is 1. The van der Waals surface area contributed by atoms with Crippen LogP contribution in [0.5, 0.6) is 0 Å². The number of hydrogen-bond acceptors (Lipinski definition) is 4. The molecule has 0 unspecified atom stereocenters. The van der Waals surface area contributed by atoms with Crippen molar-refractivity contribution in [3.63, 3.8) is 0 Å². The molecule has 0 saturated carbocycles. The molecule has 1 aromatic carbocycles. The molecule has 19 heavy (non-hydrogen) atoms. The van der Waals surface area contributed by atoms with Gasteiger partial charge in [0.25, 0.3) is 0 Å². The summed E-state index contributed by atoms with van der Waals surface area (Å²) in [6.07, 6.45) is 1.52.